The number of thioether (sulfide) groups is 1. The molecule has 0 bridgehead atoms. The van der Waals surface area contributed by atoms with Gasteiger partial charge in [0.25, 0.3) is 0 Å². The van der Waals surface area contributed by atoms with Crippen molar-refractivity contribution >= 4 is 35.6 Å². The molecule has 0 aromatic heterocycles. The summed E-state index contributed by atoms with van der Waals surface area (Å²) in [6, 6.07) is 15.1. The highest BCUT2D eigenvalue weighted by Gasteiger charge is 2.39. The number of hydrogen-bond donors (Lipinski definition) is 4. The van der Waals surface area contributed by atoms with E-state index in [1.165, 1.54) is 16.7 Å². The van der Waals surface area contributed by atoms with Gasteiger partial charge in [0.15, 0.2) is 6.10 Å². The van der Waals surface area contributed by atoms with Gasteiger partial charge in [0, 0.05) is 5.75 Å². The van der Waals surface area contributed by atoms with Crippen LogP contribution in [-0.2, 0) is 32.1 Å². The zero-order chi connectivity index (χ0) is 26.8. The van der Waals surface area contributed by atoms with Gasteiger partial charge in [-0.15, -0.1) is 11.8 Å². The van der Waals surface area contributed by atoms with E-state index >= 15 is 0 Å². The van der Waals surface area contributed by atoms with E-state index in [4.69, 9.17) is 4.74 Å². The first kappa shape index (κ1) is 28.0. The van der Waals surface area contributed by atoms with Crippen LogP contribution in [0.1, 0.15) is 24.5 Å². The Labute approximate surface area is 219 Å². The third-order valence-electron chi connectivity index (χ3n) is 5.94. The van der Waals surface area contributed by atoms with Crippen LogP contribution in [0.25, 0.3) is 0 Å². The number of aliphatic hydroxyl groups excluding tert-OH is 1. The highest BCUT2D eigenvalue weighted by atomic mass is 32.2. The molecule has 1 saturated heterocycles. The SMILES string of the molecule is CC[C@H](NC(=O)OCc1ccccc1)C(=O)N1CSC[C@H]1C(=O)N[C@@H](Cc1ccccc1)C(O)C(=O)O. The third kappa shape index (κ3) is 7.96. The summed E-state index contributed by atoms with van der Waals surface area (Å²) in [6.07, 6.45) is -2.19. The number of rotatable bonds is 11. The fourth-order valence-electron chi connectivity index (χ4n) is 3.88. The molecule has 1 heterocycles. The van der Waals surface area contributed by atoms with Crippen LogP contribution < -0.4 is 10.6 Å². The number of aliphatic hydroxyl groups is 1. The largest absolute Gasteiger partial charge is 0.479 e. The molecule has 10 nitrogen and oxygen atoms in total. The van der Waals surface area contributed by atoms with Crippen molar-refractivity contribution in [3.63, 3.8) is 0 Å². The predicted octanol–water partition coefficient (Wildman–Crippen LogP) is 1.77. The molecule has 3 amide bonds. The standard InChI is InChI=1S/C26H31N3O7S/c1-2-19(28-26(35)36-14-18-11-7-4-8-12-18)24(32)29-16-37-15-21(29)23(31)27-20(22(30)25(33)34)13-17-9-5-3-6-10-17/h3-12,19-22,30H,2,13-16H2,1H3,(H,27,31)(H,28,35)(H,33,34)/t19-,20-,21-,22?/m0/s1. The number of ether oxygens (including phenoxy) is 1. The lowest BCUT2D eigenvalue weighted by Crippen LogP contribution is -2.57. The van der Waals surface area contributed by atoms with E-state index in [-0.39, 0.29) is 25.3 Å². The van der Waals surface area contributed by atoms with Crippen LogP contribution in [0.5, 0.6) is 0 Å². The second-order valence-corrected chi connectivity index (χ2v) is 9.58. The predicted molar refractivity (Wildman–Crippen MR) is 138 cm³/mol. The van der Waals surface area contributed by atoms with Crippen LogP contribution in [-0.4, -0.2) is 74.8 Å². The van der Waals surface area contributed by atoms with E-state index in [1.54, 1.807) is 37.3 Å². The number of aliphatic carboxylic acids is 1. The maximum atomic E-state index is 13.2. The highest BCUT2D eigenvalue weighted by molar-refractivity contribution is 7.99. The van der Waals surface area contributed by atoms with Gasteiger partial charge in [-0.2, -0.15) is 0 Å². The number of amides is 3. The van der Waals surface area contributed by atoms with Crippen molar-refractivity contribution in [2.45, 2.75) is 50.6 Å². The number of carboxylic acid groups (broad SMARTS) is 1. The first-order chi connectivity index (χ1) is 17.8. The van der Waals surface area contributed by atoms with Crippen LogP contribution in [0.3, 0.4) is 0 Å². The number of nitrogens with zero attached hydrogens (tertiary/aromatic N) is 1. The maximum absolute atomic E-state index is 13.2. The summed E-state index contributed by atoms with van der Waals surface area (Å²) < 4.78 is 5.22. The molecule has 37 heavy (non-hydrogen) atoms. The van der Waals surface area contributed by atoms with Gasteiger partial charge in [-0.1, -0.05) is 67.6 Å². The Bertz CT molecular complexity index is 1070. The molecular weight excluding hydrogens is 498 g/mol. The molecule has 2 aromatic rings. The second-order valence-electron chi connectivity index (χ2n) is 8.58. The normalized spacial score (nSPS) is 17.4. The molecule has 2 aromatic carbocycles. The zero-order valence-corrected chi connectivity index (χ0v) is 21.2. The summed E-state index contributed by atoms with van der Waals surface area (Å²) in [6.45, 7) is 1.79. The average Bonchev–Trinajstić information content (AvgIpc) is 3.41. The van der Waals surface area contributed by atoms with Gasteiger partial charge in [0.1, 0.15) is 18.7 Å². The molecular formula is C26H31N3O7S. The van der Waals surface area contributed by atoms with Crippen molar-refractivity contribution in [1.29, 1.82) is 0 Å². The number of hydrogen-bond acceptors (Lipinski definition) is 7. The Hall–Kier alpha value is -3.57. The molecule has 198 valence electrons. The van der Waals surface area contributed by atoms with Crippen molar-refractivity contribution in [1.82, 2.24) is 15.5 Å². The first-order valence-electron chi connectivity index (χ1n) is 11.9. The quantitative estimate of drug-likeness (QED) is 0.345. The minimum Gasteiger partial charge on any atom is -0.479 e. The molecule has 1 aliphatic rings. The zero-order valence-electron chi connectivity index (χ0n) is 20.4. The number of nitrogens with one attached hydrogen (secondary N) is 2. The lowest BCUT2D eigenvalue weighted by Gasteiger charge is -2.29. The van der Waals surface area contributed by atoms with Crippen LogP contribution in [0, 0.1) is 0 Å². The summed E-state index contributed by atoms with van der Waals surface area (Å²) in [5.41, 5.74) is 1.55. The first-order valence-corrected chi connectivity index (χ1v) is 13.1. The molecule has 0 spiro atoms. The Morgan fingerprint density at radius 1 is 1.03 bits per heavy atom. The van der Waals surface area contributed by atoms with Gasteiger partial charge in [-0.25, -0.2) is 9.59 Å². The molecule has 0 saturated carbocycles. The second kappa shape index (κ2) is 13.7. The number of carbonyl (C=O) groups excluding carboxylic acids is 3. The number of benzene rings is 2. The van der Waals surface area contributed by atoms with E-state index in [0.29, 0.717) is 5.75 Å². The Morgan fingerprint density at radius 3 is 2.24 bits per heavy atom. The smallest absolute Gasteiger partial charge is 0.408 e. The van der Waals surface area contributed by atoms with Crippen LogP contribution >= 0.6 is 11.8 Å². The summed E-state index contributed by atoms with van der Waals surface area (Å²) >= 11 is 1.37. The fraction of sp³-hybridized carbons (Fsp3) is 0.385. The van der Waals surface area contributed by atoms with E-state index in [2.05, 4.69) is 10.6 Å². The van der Waals surface area contributed by atoms with Gasteiger partial charge >= 0.3 is 12.1 Å². The minimum atomic E-state index is -1.83. The average molecular weight is 530 g/mol. The Morgan fingerprint density at radius 2 is 1.65 bits per heavy atom. The van der Waals surface area contributed by atoms with Gasteiger partial charge in [0.2, 0.25) is 11.8 Å². The molecule has 4 atom stereocenters. The number of alkyl carbamates (subject to hydrolysis) is 1. The van der Waals surface area contributed by atoms with Crippen molar-refractivity contribution in [2.75, 3.05) is 11.6 Å². The molecule has 1 unspecified atom stereocenters. The molecule has 11 heteroatoms. The van der Waals surface area contributed by atoms with Gasteiger partial charge < -0.3 is 30.5 Å². The van der Waals surface area contributed by atoms with Crippen LogP contribution in [0.2, 0.25) is 0 Å². The topological polar surface area (TPSA) is 145 Å². The van der Waals surface area contributed by atoms with E-state index in [9.17, 15) is 29.4 Å². The van der Waals surface area contributed by atoms with Crippen molar-refractivity contribution in [3.8, 4) is 0 Å². The van der Waals surface area contributed by atoms with Gasteiger partial charge in [0.05, 0.1) is 11.9 Å². The lowest BCUT2D eigenvalue weighted by molar-refractivity contribution is -0.149. The van der Waals surface area contributed by atoms with Crippen molar-refractivity contribution in [2.24, 2.45) is 0 Å². The fourth-order valence-corrected chi connectivity index (χ4v) is 5.05. The van der Waals surface area contributed by atoms with Crippen molar-refractivity contribution < 1.29 is 34.1 Å². The van der Waals surface area contributed by atoms with Gasteiger partial charge in [-0.05, 0) is 24.0 Å². The molecule has 1 fully saturated rings. The summed E-state index contributed by atoms with van der Waals surface area (Å²) in [4.78, 5) is 51.5. The monoisotopic (exact) mass is 529 g/mol. The van der Waals surface area contributed by atoms with E-state index < -0.39 is 48.1 Å². The molecule has 4 N–H and O–H groups in total. The summed E-state index contributed by atoms with van der Waals surface area (Å²) in [5, 5.41) is 24.7. The van der Waals surface area contributed by atoms with Gasteiger partial charge in [-0.3, -0.25) is 9.59 Å². The summed E-state index contributed by atoms with van der Waals surface area (Å²) in [5.74, 6) is -1.94. The Balaban J connectivity index is 1.62. The van der Waals surface area contributed by atoms with Crippen LogP contribution in [0.4, 0.5) is 4.79 Å². The van der Waals surface area contributed by atoms with Crippen LogP contribution in [0.15, 0.2) is 60.7 Å². The lowest BCUT2D eigenvalue weighted by atomic mass is 10.0. The third-order valence-corrected chi connectivity index (χ3v) is 6.95. The highest BCUT2D eigenvalue weighted by Crippen LogP contribution is 2.23. The Kier molecular flexibility index (Phi) is 10.3. The number of carbonyl (C=O) groups is 4. The van der Waals surface area contributed by atoms with E-state index in [0.717, 1.165) is 11.1 Å². The van der Waals surface area contributed by atoms with Crippen molar-refractivity contribution in [3.05, 3.63) is 71.8 Å². The summed E-state index contributed by atoms with van der Waals surface area (Å²) in [7, 11) is 0. The molecule has 0 aliphatic carbocycles. The molecule has 0 radical (unpaired) electrons. The molecule has 1 aliphatic heterocycles. The number of carboxylic acids is 1. The minimum absolute atomic E-state index is 0.0522. The maximum Gasteiger partial charge on any atom is 0.408 e. The van der Waals surface area contributed by atoms with E-state index in [1.807, 2.05) is 30.3 Å². The molecule has 3 rings (SSSR count).